The van der Waals surface area contributed by atoms with Gasteiger partial charge >= 0.3 is 0 Å². The molecule has 0 spiro atoms. The first-order valence-corrected chi connectivity index (χ1v) is 13.2. The molecule has 2 aliphatic heterocycles. The van der Waals surface area contributed by atoms with E-state index in [1.807, 2.05) is 36.1 Å². The van der Waals surface area contributed by atoms with Crippen LogP contribution in [0.3, 0.4) is 0 Å². The van der Waals surface area contributed by atoms with Gasteiger partial charge in [0, 0.05) is 23.0 Å². The predicted molar refractivity (Wildman–Crippen MR) is 136 cm³/mol. The lowest BCUT2D eigenvalue weighted by Gasteiger charge is -2.37. The smallest absolute Gasteiger partial charge is 0.254 e. The van der Waals surface area contributed by atoms with Gasteiger partial charge in [0.15, 0.2) is 11.5 Å². The molecule has 3 heterocycles. The Balaban J connectivity index is 1.20. The first-order valence-electron chi connectivity index (χ1n) is 12.3. The van der Waals surface area contributed by atoms with E-state index in [2.05, 4.69) is 11.4 Å². The second-order valence-corrected chi connectivity index (χ2v) is 10.5. The summed E-state index contributed by atoms with van der Waals surface area (Å²) in [6.07, 6.45) is 2.65. The minimum Gasteiger partial charge on any atom is -0.491 e. The Kier molecular flexibility index (Phi) is 6.05. The van der Waals surface area contributed by atoms with E-state index < -0.39 is 0 Å². The van der Waals surface area contributed by atoms with Crippen LogP contribution in [-0.4, -0.2) is 54.1 Å². The van der Waals surface area contributed by atoms with Crippen molar-refractivity contribution in [2.24, 2.45) is 0 Å². The van der Waals surface area contributed by atoms with Crippen LogP contribution in [0.25, 0.3) is 0 Å². The summed E-state index contributed by atoms with van der Waals surface area (Å²) < 4.78 is 17.0. The van der Waals surface area contributed by atoms with Crippen molar-refractivity contribution in [3.8, 4) is 17.2 Å². The van der Waals surface area contributed by atoms with E-state index in [0.29, 0.717) is 30.2 Å². The quantitative estimate of drug-likeness (QED) is 0.471. The van der Waals surface area contributed by atoms with Crippen LogP contribution >= 0.6 is 11.3 Å². The van der Waals surface area contributed by atoms with Crippen molar-refractivity contribution in [1.29, 1.82) is 0 Å². The van der Waals surface area contributed by atoms with Gasteiger partial charge in [0.2, 0.25) is 12.7 Å². The minimum absolute atomic E-state index is 0.0506. The molecular weight excluding hydrogens is 476 g/mol. The summed E-state index contributed by atoms with van der Waals surface area (Å²) in [6.45, 7) is 3.24. The number of fused-ring (bicyclic) bond motifs is 2. The fourth-order valence-electron chi connectivity index (χ4n) is 4.87. The van der Waals surface area contributed by atoms with Gasteiger partial charge in [-0.25, -0.2) is 0 Å². The van der Waals surface area contributed by atoms with Crippen molar-refractivity contribution in [2.45, 2.75) is 38.3 Å². The van der Waals surface area contributed by atoms with Crippen LogP contribution in [0.5, 0.6) is 17.2 Å². The average Bonchev–Trinajstić information content (AvgIpc) is 3.42. The number of benzene rings is 2. The van der Waals surface area contributed by atoms with Crippen molar-refractivity contribution in [3.05, 3.63) is 75.5 Å². The van der Waals surface area contributed by atoms with Gasteiger partial charge in [-0.2, -0.15) is 0 Å². The molecule has 0 N–H and O–H groups in total. The number of ether oxygens (including phenoxy) is 3. The number of amides is 2. The third-order valence-corrected chi connectivity index (χ3v) is 8.01. The summed E-state index contributed by atoms with van der Waals surface area (Å²) >= 11 is 1.73. The molecule has 2 aromatic carbocycles. The maximum Gasteiger partial charge on any atom is 0.254 e. The Morgan fingerprint density at radius 3 is 2.69 bits per heavy atom. The van der Waals surface area contributed by atoms with Crippen LogP contribution in [0.1, 0.15) is 45.2 Å². The molecular formula is C28H28N2O5S. The maximum atomic E-state index is 13.7. The molecule has 0 saturated heterocycles. The number of aryl methyl sites for hydroxylation is 1. The molecule has 1 saturated carbocycles. The number of rotatable bonds is 7. The van der Waals surface area contributed by atoms with E-state index in [1.165, 1.54) is 10.4 Å². The first-order chi connectivity index (χ1) is 17.6. The molecule has 3 aromatic rings. The van der Waals surface area contributed by atoms with Crippen LogP contribution in [0.4, 0.5) is 0 Å². The van der Waals surface area contributed by atoms with E-state index in [1.54, 1.807) is 34.4 Å². The van der Waals surface area contributed by atoms with Crippen molar-refractivity contribution in [1.82, 2.24) is 9.80 Å². The number of carbonyl (C=O) groups is 2. The Morgan fingerprint density at radius 2 is 1.89 bits per heavy atom. The lowest BCUT2D eigenvalue weighted by Crippen LogP contribution is -2.48. The van der Waals surface area contributed by atoms with Crippen molar-refractivity contribution < 1.29 is 23.8 Å². The zero-order chi connectivity index (χ0) is 24.6. The Labute approximate surface area is 214 Å². The van der Waals surface area contributed by atoms with Gasteiger partial charge in [0.05, 0.1) is 6.04 Å². The lowest BCUT2D eigenvalue weighted by atomic mass is 10.00. The number of hydrogen-bond donors (Lipinski definition) is 0. The highest BCUT2D eigenvalue weighted by Crippen LogP contribution is 2.36. The van der Waals surface area contributed by atoms with Gasteiger partial charge in [-0.1, -0.05) is 17.7 Å². The molecule has 36 heavy (non-hydrogen) atoms. The van der Waals surface area contributed by atoms with Crippen molar-refractivity contribution in [3.63, 3.8) is 0 Å². The molecule has 1 fully saturated rings. The summed E-state index contributed by atoms with van der Waals surface area (Å²) in [6, 6.07) is 15.2. The zero-order valence-corrected chi connectivity index (χ0v) is 21.0. The Bertz CT molecular complexity index is 1280. The topological polar surface area (TPSA) is 68.3 Å². The van der Waals surface area contributed by atoms with Crippen LogP contribution in [-0.2, 0) is 11.2 Å². The number of hydrogen-bond acceptors (Lipinski definition) is 6. The number of nitrogens with zero attached hydrogens (tertiary/aromatic N) is 2. The third kappa shape index (κ3) is 4.53. The number of thiophene rings is 1. The second kappa shape index (κ2) is 9.50. The van der Waals surface area contributed by atoms with Gasteiger partial charge in [0.25, 0.3) is 5.91 Å². The monoisotopic (exact) mass is 504 g/mol. The maximum absolute atomic E-state index is 13.7. The third-order valence-electron chi connectivity index (χ3n) is 7.02. The van der Waals surface area contributed by atoms with Crippen LogP contribution in [0.2, 0.25) is 0 Å². The molecule has 1 unspecified atom stereocenters. The molecule has 0 radical (unpaired) electrons. The standard InChI is InChI=1S/C28H28N2O5S/c1-18-2-7-21(8-3-18)33-16-23-22-11-13-36-26(22)10-12-29(23)27(31)15-30(20-5-6-20)28(32)19-4-9-24-25(14-19)35-17-34-24/h2-4,7-9,11,13-14,20,23H,5-6,10,12,15-17H2,1H3. The molecule has 1 aliphatic carbocycles. The van der Waals surface area contributed by atoms with E-state index in [4.69, 9.17) is 14.2 Å². The van der Waals surface area contributed by atoms with Gasteiger partial charge < -0.3 is 24.0 Å². The molecule has 186 valence electrons. The Morgan fingerprint density at radius 1 is 1.08 bits per heavy atom. The molecule has 1 aromatic heterocycles. The van der Waals surface area contributed by atoms with Crippen molar-refractivity contribution in [2.75, 3.05) is 26.5 Å². The van der Waals surface area contributed by atoms with E-state index >= 15 is 0 Å². The molecule has 2 amide bonds. The highest BCUT2D eigenvalue weighted by atomic mass is 32.1. The minimum atomic E-state index is -0.185. The van der Waals surface area contributed by atoms with Gasteiger partial charge in [-0.05, 0) is 73.5 Å². The van der Waals surface area contributed by atoms with E-state index in [9.17, 15) is 9.59 Å². The average molecular weight is 505 g/mol. The Hall–Kier alpha value is -3.52. The summed E-state index contributed by atoms with van der Waals surface area (Å²) in [5.74, 6) is 1.79. The summed E-state index contributed by atoms with van der Waals surface area (Å²) in [5.41, 5.74) is 2.83. The van der Waals surface area contributed by atoms with E-state index in [-0.39, 0.29) is 37.2 Å². The van der Waals surface area contributed by atoms with Crippen molar-refractivity contribution >= 4 is 23.2 Å². The summed E-state index contributed by atoms with van der Waals surface area (Å²) in [7, 11) is 0. The molecule has 0 bridgehead atoms. The van der Waals surface area contributed by atoms with Crippen LogP contribution in [0.15, 0.2) is 53.9 Å². The van der Waals surface area contributed by atoms with Crippen LogP contribution in [0, 0.1) is 6.92 Å². The highest BCUT2D eigenvalue weighted by molar-refractivity contribution is 7.10. The molecule has 1 atom stereocenters. The molecule has 3 aliphatic rings. The second-order valence-electron chi connectivity index (χ2n) is 9.51. The lowest BCUT2D eigenvalue weighted by molar-refractivity contribution is -0.135. The van der Waals surface area contributed by atoms with Gasteiger partial charge in [-0.15, -0.1) is 11.3 Å². The predicted octanol–water partition coefficient (Wildman–Crippen LogP) is 4.59. The van der Waals surface area contributed by atoms with E-state index in [0.717, 1.165) is 30.6 Å². The molecule has 6 rings (SSSR count). The van der Waals surface area contributed by atoms with Crippen LogP contribution < -0.4 is 14.2 Å². The molecule has 7 nitrogen and oxygen atoms in total. The SMILES string of the molecule is Cc1ccc(OCC2c3ccsc3CCN2C(=O)CN(C(=O)c2ccc3c(c2)OCO3)C2CC2)cc1. The zero-order valence-electron chi connectivity index (χ0n) is 20.1. The summed E-state index contributed by atoms with van der Waals surface area (Å²) in [4.78, 5) is 32.1. The van der Waals surface area contributed by atoms with Gasteiger partial charge in [0.1, 0.15) is 18.9 Å². The normalized spacial score (nSPS) is 18.0. The fraction of sp³-hybridized carbons (Fsp3) is 0.357. The van der Waals surface area contributed by atoms with Gasteiger partial charge in [-0.3, -0.25) is 9.59 Å². The fourth-order valence-corrected chi connectivity index (χ4v) is 5.80. The first kappa shape index (κ1) is 22.9. The molecule has 8 heteroatoms. The largest absolute Gasteiger partial charge is 0.491 e. The summed E-state index contributed by atoms with van der Waals surface area (Å²) in [5, 5.41) is 2.08. The highest BCUT2D eigenvalue weighted by Gasteiger charge is 2.38. The number of carbonyl (C=O) groups excluding carboxylic acids is 2.